The van der Waals surface area contributed by atoms with Gasteiger partial charge in [-0.05, 0) is 0 Å². The highest BCUT2D eigenvalue weighted by Crippen LogP contribution is 2.05. The van der Waals surface area contributed by atoms with Crippen molar-refractivity contribution < 1.29 is 26.9 Å². The van der Waals surface area contributed by atoms with Crippen LogP contribution in [0.5, 0.6) is 0 Å². The molecule has 0 radical (unpaired) electrons. The number of halogens is 1. The third-order valence-corrected chi connectivity index (χ3v) is 2.10. The lowest BCUT2D eigenvalue weighted by molar-refractivity contribution is -0.143. The summed E-state index contributed by atoms with van der Waals surface area (Å²) in [5.74, 6) is -0.539. The van der Waals surface area contributed by atoms with Gasteiger partial charge >= 0.3 is 5.97 Å². The van der Waals surface area contributed by atoms with Gasteiger partial charge in [-0.1, -0.05) is 6.92 Å². The van der Waals surface area contributed by atoms with Gasteiger partial charge in [-0.3, -0.25) is 9.35 Å². The molecular formula is C6H11FO5S. The maximum Gasteiger partial charge on any atom is 0.305 e. The average Bonchev–Trinajstić information content (AvgIpc) is 2.02. The predicted molar refractivity (Wildman–Crippen MR) is 42.3 cm³/mol. The summed E-state index contributed by atoms with van der Waals surface area (Å²) >= 11 is 0. The number of ether oxygens (including phenoxy) is 1. The van der Waals surface area contributed by atoms with Crippen LogP contribution in [0.1, 0.15) is 19.8 Å². The van der Waals surface area contributed by atoms with Crippen molar-refractivity contribution >= 4 is 16.1 Å². The van der Waals surface area contributed by atoms with E-state index in [9.17, 15) is 17.6 Å². The lowest BCUT2D eigenvalue weighted by Gasteiger charge is -2.05. The molecule has 0 aliphatic rings. The summed E-state index contributed by atoms with van der Waals surface area (Å²) in [5.41, 5.74) is -2.39. The molecule has 0 rings (SSSR count). The van der Waals surface area contributed by atoms with Gasteiger partial charge in [0, 0.05) is 12.8 Å². The van der Waals surface area contributed by atoms with Crippen LogP contribution in [-0.4, -0.2) is 31.1 Å². The van der Waals surface area contributed by atoms with Crippen LogP contribution in [0.2, 0.25) is 0 Å². The second-order valence-electron chi connectivity index (χ2n) is 2.29. The lowest BCUT2D eigenvalue weighted by atomic mass is 10.5. The largest absolute Gasteiger partial charge is 0.466 e. The Morgan fingerprint density at radius 1 is 1.62 bits per heavy atom. The quantitative estimate of drug-likeness (QED) is 0.532. The second kappa shape index (κ2) is 5.13. The molecule has 0 aromatic carbocycles. The first-order valence-electron chi connectivity index (χ1n) is 3.64. The molecule has 0 fully saturated rings. The lowest BCUT2D eigenvalue weighted by Crippen LogP contribution is -2.18. The summed E-state index contributed by atoms with van der Waals surface area (Å²) in [7, 11) is -4.67. The summed E-state index contributed by atoms with van der Waals surface area (Å²) in [5, 5.41) is 0. The maximum absolute atomic E-state index is 12.4. The smallest absolute Gasteiger partial charge is 0.305 e. The fourth-order valence-electron chi connectivity index (χ4n) is 0.516. The Morgan fingerprint density at radius 2 is 2.15 bits per heavy atom. The Morgan fingerprint density at radius 3 is 2.54 bits per heavy atom. The van der Waals surface area contributed by atoms with Crippen molar-refractivity contribution in [3.8, 4) is 0 Å². The Balaban J connectivity index is 3.73. The van der Waals surface area contributed by atoms with E-state index >= 15 is 0 Å². The van der Waals surface area contributed by atoms with Crippen LogP contribution in [0.15, 0.2) is 0 Å². The highest BCUT2D eigenvalue weighted by molar-refractivity contribution is 7.86. The second-order valence-corrected chi connectivity index (χ2v) is 3.83. The van der Waals surface area contributed by atoms with Crippen molar-refractivity contribution in [1.82, 2.24) is 0 Å². The van der Waals surface area contributed by atoms with Crippen LogP contribution in [0, 0.1) is 0 Å². The van der Waals surface area contributed by atoms with Crippen LogP contribution in [0.4, 0.5) is 4.39 Å². The van der Waals surface area contributed by atoms with E-state index in [1.807, 2.05) is 0 Å². The van der Waals surface area contributed by atoms with E-state index in [0.29, 0.717) is 0 Å². The van der Waals surface area contributed by atoms with Crippen molar-refractivity contribution in [2.24, 2.45) is 0 Å². The van der Waals surface area contributed by atoms with E-state index in [2.05, 4.69) is 4.74 Å². The number of hydrogen-bond donors (Lipinski definition) is 1. The van der Waals surface area contributed by atoms with Crippen molar-refractivity contribution in [1.29, 1.82) is 0 Å². The van der Waals surface area contributed by atoms with Crippen LogP contribution >= 0.6 is 0 Å². The van der Waals surface area contributed by atoms with Gasteiger partial charge in [0.05, 0.1) is 6.61 Å². The molecule has 1 N–H and O–H groups in total. The summed E-state index contributed by atoms with van der Waals surface area (Å²) in [6.07, 6.45) is -0.409. The Labute approximate surface area is 75.6 Å². The molecule has 7 heteroatoms. The summed E-state index contributed by atoms with van der Waals surface area (Å²) in [4.78, 5) is 10.5. The van der Waals surface area contributed by atoms with E-state index in [-0.39, 0.29) is 13.0 Å². The van der Waals surface area contributed by atoms with E-state index < -0.39 is 28.0 Å². The van der Waals surface area contributed by atoms with E-state index in [0.717, 1.165) is 0 Å². The zero-order valence-corrected chi connectivity index (χ0v) is 7.88. The summed E-state index contributed by atoms with van der Waals surface area (Å²) in [6, 6.07) is 0. The molecule has 78 valence electrons. The molecule has 0 saturated heterocycles. The number of hydrogen-bond acceptors (Lipinski definition) is 4. The van der Waals surface area contributed by atoms with Gasteiger partial charge in [-0.15, -0.1) is 0 Å². The standard InChI is InChI=1S/C6H11FO5S/c1-2-6(8)12-4-3-5(7)13(9,10)11/h5H,2-4H2,1H3,(H,9,10,11). The van der Waals surface area contributed by atoms with Gasteiger partial charge < -0.3 is 4.74 Å². The fraction of sp³-hybridized carbons (Fsp3) is 0.833. The predicted octanol–water partition coefficient (Wildman–Crippen LogP) is 0.513. The maximum atomic E-state index is 12.4. The van der Waals surface area contributed by atoms with Crippen molar-refractivity contribution in [3.63, 3.8) is 0 Å². The van der Waals surface area contributed by atoms with Gasteiger partial charge in [-0.2, -0.15) is 8.42 Å². The van der Waals surface area contributed by atoms with Gasteiger partial charge in [0.1, 0.15) is 0 Å². The van der Waals surface area contributed by atoms with Crippen LogP contribution < -0.4 is 0 Å². The highest BCUT2D eigenvalue weighted by Gasteiger charge is 2.21. The zero-order chi connectivity index (χ0) is 10.5. The van der Waals surface area contributed by atoms with Crippen LogP contribution in [0.25, 0.3) is 0 Å². The van der Waals surface area contributed by atoms with Crippen LogP contribution in [0.3, 0.4) is 0 Å². The minimum atomic E-state index is -4.67. The highest BCUT2D eigenvalue weighted by atomic mass is 32.2. The van der Waals surface area contributed by atoms with E-state index in [1.165, 1.54) is 0 Å². The molecule has 0 bridgehead atoms. The van der Waals surface area contributed by atoms with Crippen molar-refractivity contribution in [2.45, 2.75) is 25.3 Å². The van der Waals surface area contributed by atoms with Gasteiger partial charge in [0.25, 0.3) is 10.1 Å². The average molecular weight is 214 g/mol. The molecule has 0 saturated carbocycles. The molecule has 0 spiro atoms. The van der Waals surface area contributed by atoms with Crippen molar-refractivity contribution in [2.75, 3.05) is 6.61 Å². The molecule has 0 aliphatic carbocycles. The van der Waals surface area contributed by atoms with Crippen LogP contribution in [-0.2, 0) is 19.6 Å². The van der Waals surface area contributed by atoms with E-state index in [4.69, 9.17) is 4.55 Å². The normalized spacial score (nSPS) is 13.8. The molecule has 0 heterocycles. The number of carbonyl (C=O) groups is 1. The first-order chi connectivity index (χ1) is 5.88. The SMILES string of the molecule is CCC(=O)OCCC(F)S(=O)(=O)O. The molecule has 1 atom stereocenters. The molecule has 0 aromatic rings. The van der Waals surface area contributed by atoms with Gasteiger partial charge in [0.15, 0.2) is 0 Å². The first kappa shape index (κ1) is 12.3. The Bertz CT molecular complexity index is 260. The Kier molecular flexibility index (Phi) is 4.86. The number of rotatable bonds is 5. The monoisotopic (exact) mass is 214 g/mol. The summed E-state index contributed by atoms with van der Waals surface area (Å²) < 4.78 is 45.2. The zero-order valence-electron chi connectivity index (χ0n) is 7.07. The number of carbonyl (C=O) groups excluding carboxylic acids is 1. The third kappa shape index (κ3) is 5.53. The molecule has 0 aromatic heterocycles. The minimum absolute atomic E-state index is 0.142. The molecule has 0 amide bonds. The van der Waals surface area contributed by atoms with Gasteiger partial charge in [0.2, 0.25) is 5.50 Å². The first-order valence-corrected chi connectivity index (χ1v) is 5.14. The van der Waals surface area contributed by atoms with Crippen molar-refractivity contribution in [3.05, 3.63) is 0 Å². The number of alkyl halides is 1. The topological polar surface area (TPSA) is 80.7 Å². The summed E-state index contributed by atoms with van der Waals surface area (Å²) in [6.45, 7) is 1.20. The molecule has 13 heavy (non-hydrogen) atoms. The Hall–Kier alpha value is -0.690. The molecule has 1 unspecified atom stereocenters. The van der Waals surface area contributed by atoms with E-state index in [1.54, 1.807) is 6.92 Å². The molecule has 5 nitrogen and oxygen atoms in total. The fourth-order valence-corrected chi connectivity index (χ4v) is 0.910. The third-order valence-electron chi connectivity index (χ3n) is 1.22. The van der Waals surface area contributed by atoms with Gasteiger partial charge in [-0.25, -0.2) is 4.39 Å². The number of esters is 1. The minimum Gasteiger partial charge on any atom is -0.466 e. The molecule has 0 aliphatic heterocycles. The molecular weight excluding hydrogens is 203 g/mol.